The lowest BCUT2D eigenvalue weighted by atomic mass is 9.98. The number of hydrogen-bond donors (Lipinski definition) is 1. The monoisotopic (exact) mass is 421 g/mol. The fraction of sp³-hybridized carbons (Fsp3) is 0.304. The summed E-state index contributed by atoms with van der Waals surface area (Å²) in [5.41, 5.74) is 3.29. The Kier molecular flexibility index (Phi) is 4.43. The number of hydrogen-bond acceptors (Lipinski definition) is 6. The standard InChI is InChI=1S/C23H23N3O3S/c1-23(2,3)22-25-17(12-30-22)20-24-16-7-5-4-6-15(16)21(27)26(20)11-14-8-9-18-19(10-14)29-13-28-18/h4-10,12,20,24H,11,13H2,1-3H3. The SMILES string of the molecule is CC(C)(C)c1nc(C2Nc3ccccc3C(=O)N2Cc2ccc3c(c2)OCO3)cs1. The molecule has 1 amide bonds. The molecule has 154 valence electrons. The van der Waals surface area contributed by atoms with Crippen LogP contribution in [0.25, 0.3) is 0 Å². The van der Waals surface area contributed by atoms with E-state index in [1.807, 2.05) is 52.7 Å². The second kappa shape index (κ2) is 7.02. The Hall–Kier alpha value is -3.06. The first-order valence-corrected chi connectivity index (χ1v) is 10.8. The first kappa shape index (κ1) is 18.9. The number of nitrogens with zero attached hydrogens (tertiary/aromatic N) is 2. The molecule has 3 aromatic rings. The summed E-state index contributed by atoms with van der Waals surface area (Å²) in [5.74, 6) is 1.43. The van der Waals surface area contributed by atoms with E-state index < -0.39 is 0 Å². The molecule has 1 aromatic heterocycles. The molecule has 0 saturated carbocycles. The highest BCUT2D eigenvalue weighted by Gasteiger charge is 2.35. The van der Waals surface area contributed by atoms with Gasteiger partial charge in [-0.3, -0.25) is 4.79 Å². The maximum atomic E-state index is 13.4. The summed E-state index contributed by atoms with van der Waals surface area (Å²) in [5, 5.41) is 6.62. The molecule has 2 aliphatic rings. The largest absolute Gasteiger partial charge is 0.454 e. The molecule has 1 N–H and O–H groups in total. The summed E-state index contributed by atoms with van der Waals surface area (Å²) in [4.78, 5) is 20.2. The molecule has 3 heterocycles. The predicted molar refractivity (Wildman–Crippen MR) is 116 cm³/mol. The van der Waals surface area contributed by atoms with Crippen LogP contribution in [0, 0.1) is 0 Å². The molecule has 7 heteroatoms. The van der Waals surface area contributed by atoms with E-state index in [1.165, 1.54) is 0 Å². The van der Waals surface area contributed by atoms with Gasteiger partial charge in [0, 0.05) is 23.0 Å². The zero-order chi connectivity index (χ0) is 20.9. The molecule has 0 aliphatic carbocycles. The van der Waals surface area contributed by atoms with Crippen LogP contribution in [-0.2, 0) is 12.0 Å². The Morgan fingerprint density at radius 2 is 1.97 bits per heavy atom. The van der Waals surface area contributed by atoms with Crippen LogP contribution in [0.5, 0.6) is 11.5 Å². The third-order valence-electron chi connectivity index (χ3n) is 5.26. The molecule has 0 spiro atoms. The highest BCUT2D eigenvalue weighted by Crippen LogP contribution is 2.38. The van der Waals surface area contributed by atoms with E-state index in [0.29, 0.717) is 17.9 Å². The van der Waals surface area contributed by atoms with Crippen LogP contribution in [-0.4, -0.2) is 22.6 Å². The Morgan fingerprint density at radius 3 is 2.77 bits per heavy atom. The molecule has 1 atom stereocenters. The normalized spacial score (nSPS) is 17.6. The van der Waals surface area contributed by atoms with Gasteiger partial charge in [0.15, 0.2) is 11.5 Å². The first-order valence-electron chi connectivity index (χ1n) is 9.91. The summed E-state index contributed by atoms with van der Waals surface area (Å²) in [6.07, 6.45) is -0.342. The first-order chi connectivity index (χ1) is 14.4. The van der Waals surface area contributed by atoms with Gasteiger partial charge in [0.25, 0.3) is 5.91 Å². The Bertz CT molecular complexity index is 1120. The van der Waals surface area contributed by atoms with Gasteiger partial charge in [0.2, 0.25) is 6.79 Å². The molecule has 0 bridgehead atoms. The van der Waals surface area contributed by atoms with Gasteiger partial charge in [-0.25, -0.2) is 4.98 Å². The van der Waals surface area contributed by atoms with E-state index in [1.54, 1.807) is 11.3 Å². The van der Waals surface area contributed by atoms with Crippen LogP contribution in [0.1, 0.15) is 53.6 Å². The van der Waals surface area contributed by atoms with Gasteiger partial charge in [-0.2, -0.15) is 0 Å². The van der Waals surface area contributed by atoms with E-state index in [4.69, 9.17) is 14.5 Å². The summed E-state index contributed by atoms with van der Waals surface area (Å²) in [7, 11) is 0. The molecule has 1 unspecified atom stereocenters. The molecule has 2 aromatic carbocycles. The predicted octanol–water partition coefficient (Wildman–Crippen LogP) is 4.94. The van der Waals surface area contributed by atoms with Crippen molar-refractivity contribution in [2.24, 2.45) is 0 Å². The summed E-state index contributed by atoms with van der Waals surface area (Å²) in [6.45, 7) is 7.11. The quantitative estimate of drug-likeness (QED) is 0.649. The molecule has 6 nitrogen and oxygen atoms in total. The third kappa shape index (κ3) is 3.29. The highest BCUT2D eigenvalue weighted by molar-refractivity contribution is 7.09. The molecule has 0 saturated heterocycles. The van der Waals surface area contributed by atoms with Crippen molar-refractivity contribution in [3.8, 4) is 11.5 Å². The van der Waals surface area contributed by atoms with Crippen molar-refractivity contribution in [1.29, 1.82) is 0 Å². The minimum Gasteiger partial charge on any atom is -0.454 e. The molecule has 30 heavy (non-hydrogen) atoms. The van der Waals surface area contributed by atoms with Crippen LogP contribution in [0.4, 0.5) is 5.69 Å². The number of aromatic nitrogens is 1. The lowest BCUT2D eigenvalue weighted by Crippen LogP contribution is -2.42. The maximum Gasteiger partial charge on any atom is 0.258 e. The fourth-order valence-corrected chi connectivity index (χ4v) is 4.61. The second-order valence-corrected chi connectivity index (χ2v) is 9.40. The average molecular weight is 422 g/mol. The number of carbonyl (C=O) groups excluding carboxylic acids is 1. The zero-order valence-corrected chi connectivity index (χ0v) is 18.0. The van der Waals surface area contributed by atoms with Crippen molar-refractivity contribution in [2.45, 2.75) is 38.9 Å². The van der Waals surface area contributed by atoms with E-state index in [-0.39, 0.29) is 24.3 Å². The molecular weight excluding hydrogens is 398 g/mol. The van der Waals surface area contributed by atoms with E-state index >= 15 is 0 Å². The van der Waals surface area contributed by atoms with Crippen LogP contribution in [0.15, 0.2) is 47.8 Å². The smallest absolute Gasteiger partial charge is 0.258 e. The topological polar surface area (TPSA) is 63.7 Å². The zero-order valence-electron chi connectivity index (χ0n) is 17.1. The van der Waals surface area contributed by atoms with Gasteiger partial charge in [-0.1, -0.05) is 39.0 Å². The number of anilines is 1. The number of nitrogens with one attached hydrogen (secondary N) is 1. The van der Waals surface area contributed by atoms with Crippen LogP contribution in [0.3, 0.4) is 0 Å². The Morgan fingerprint density at radius 1 is 1.17 bits per heavy atom. The van der Waals surface area contributed by atoms with Gasteiger partial charge in [-0.15, -0.1) is 11.3 Å². The van der Waals surface area contributed by atoms with Crippen molar-refractivity contribution in [2.75, 3.05) is 12.1 Å². The number of para-hydroxylation sites is 1. The van der Waals surface area contributed by atoms with Gasteiger partial charge in [-0.05, 0) is 29.8 Å². The van der Waals surface area contributed by atoms with Crippen molar-refractivity contribution in [1.82, 2.24) is 9.88 Å². The number of amides is 1. The fourth-order valence-electron chi connectivity index (χ4n) is 3.68. The minimum absolute atomic E-state index is 0.0164. The Balaban J connectivity index is 1.53. The molecule has 2 aliphatic heterocycles. The van der Waals surface area contributed by atoms with Gasteiger partial charge in [0.1, 0.15) is 6.17 Å². The lowest BCUT2D eigenvalue weighted by Gasteiger charge is -2.37. The Labute approximate surface area is 179 Å². The van der Waals surface area contributed by atoms with Crippen molar-refractivity contribution < 1.29 is 14.3 Å². The number of ether oxygens (including phenoxy) is 2. The number of thiazole rings is 1. The third-order valence-corrected chi connectivity index (χ3v) is 6.54. The van der Waals surface area contributed by atoms with E-state index in [9.17, 15) is 4.79 Å². The summed E-state index contributed by atoms with van der Waals surface area (Å²) in [6, 6.07) is 13.4. The van der Waals surface area contributed by atoms with Crippen molar-refractivity contribution >= 4 is 22.9 Å². The number of fused-ring (bicyclic) bond motifs is 2. The van der Waals surface area contributed by atoms with Gasteiger partial charge in [0.05, 0.1) is 16.3 Å². The van der Waals surface area contributed by atoms with E-state index in [2.05, 4.69) is 26.1 Å². The summed E-state index contributed by atoms with van der Waals surface area (Å²) < 4.78 is 10.9. The minimum atomic E-state index is -0.342. The van der Waals surface area contributed by atoms with Gasteiger partial charge >= 0.3 is 0 Å². The number of rotatable bonds is 3. The van der Waals surface area contributed by atoms with Crippen LogP contribution < -0.4 is 14.8 Å². The van der Waals surface area contributed by atoms with Crippen molar-refractivity contribution in [3.63, 3.8) is 0 Å². The number of carbonyl (C=O) groups is 1. The van der Waals surface area contributed by atoms with Crippen LogP contribution >= 0.6 is 11.3 Å². The second-order valence-electron chi connectivity index (χ2n) is 8.54. The molecule has 0 radical (unpaired) electrons. The average Bonchev–Trinajstić information content (AvgIpc) is 3.39. The number of benzene rings is 2. The van der Waals surface area contributed by atoms with Gasteiger partial charge < -0.3 is 19.7 Å². The molecule has 0 fully saturated rings. The highest BCUT2D eigenvalue weighted by atomic mass is 32.1. The molecule has 5 rings (SSSR count). The summed E-state index contributed by atoms with van der Waals surface area (Å²) >= 11 is 1.63. The van der Waals surface area contributed by atoms with Crippen molar-refractivity contribution in [3.05, 3.63) is 69.7 Å². The van der Waals surface area contributed by atoms with Crippen LogP contribution in [0.2, 0.25) is 0 Å². The molecular formula is C23H23N3O3S. The van der Waals surface area contributed by atoms with E-state index in [0.717, 1.165) is 27.7 Å². The maximum absolute atomic E-state index is 13.4. The lowest BCUT2D eigenvalue weighted by molar-refractivity contribution is 0.0663.